The maximum Gasteiger partial charge on any atom is 0.0271 e. The zero-order valence-corrected chi connectivity index (χ0v) is 12.8. The second-order valence-corrected chi connectivity index (χ2v) is 6.91. The Morgan fingerprint density at radius 3 is 2.83 bits per heavy atom. The molecule has 0 aromatic carbocycles. The van der Waals surface area contributed by atoms with Crippen LogP contribution >= 0.6 is 15.9 Å². The highest BCUT2D eigenvalue weighted by Gasteiger charge is 2.22. The third kappa shape index (κ3) is 4.36. The van der Waals surface area contributed by atoms with E-state index in [1.54, 1.807) is 0 Å². The van der Waals surface area contributed by atoms with Crippen molar-refractivity contribution in [2.45, 2.75) is 56.4 Å². The Morgan fingerprint density at radius 2 is 2.11 bits per heavy atom. The molecule has 1 fully saturated rings. The molecule has 1 aliphatic heterocycles. The summed E-state index contributed by atoms with van der Waals surface area (Å²) in [6.07, 6.45) is 10.5. The minimum Gasteiger partial charge on any atom is -0.296 e. The first-order chi connectivity index (χ1) is 8.75. The topological polar surface area (TPSA) is 16.1 Å². The summed E-state index contributed by atoms with van der Waals surface area (Å²) in [5.74, 6) is 0. The first-order valence-corrected chi connectivity index (χ1v) is 7.94. The van der Waals surface area contributed by atoms with Gasteiger partial charge in [-0.2, -0.15) is 0 Å². The smallest absolute Gasteiger partial charge is 0.0271 e. The van der Waals surface area contributed by atoms with Crippen molar-refractivity contribution in [2.75, 3.05) is 6.54 Å². The maximum atomic E-state index is 4.10. The van der Waals surface area contributed by atoms with E-state index in [2.05, 4.69) is 44.9 Å². The van der Waals surface area contributed by atoms with Gasteiger partial charge in [-0.05, 0) is 43.5 Å². The van der Waals surface area contributed by atoms with Crippen LogP contribution in [-0.4, -0.2) is 27.3 Å². The predicted octanol–water partition coefficient (Wildman–Crippen LogP) is 4.00. The Hall–Kier alpha value is -0.410. The van der Waals surface area contributed by atoms with E-state index >= 15 is 0 Å². The highest BCUT2D eigenvalue weighted by atomic mass is 79.9. The Labute approximate surface area is 119 Å². The maximum absolute atomic E-state index is 4.10. The molecule has 2 nitrogen and oxygen atoms in total. The SMILES string of the molecule is CC(Br)CC1CCCCCN1Cc1ccncc1. The third-order valence-corrected chi connectivity index (χ3v) is 4.10. The molecule has 100 valence electrons. The van der Waals surface area contributed by atoms with E-state index in [-0.39, 0.29) is 0 Å². The van der Waals surface area contributed by atoms with Gasteiger partial charge in [0.1, 0.15) is 0 Å². The number of halogens is 1. The highest BCUT2D eigenvalue weighted by Crippen LogP contribution is 2.24. The van der Waals surface area contributed by atoms with Crippen LogP contribution < -0.4 is 0 Å². The summed E-state index contributed by atoms with van der Waals surface area (Å²) in [4.78, 5) is 7.38. The molecule has 18 heavy (non-hydrogen) atoms. The van der Waals surface area contributed by atoms with Crippen LogP contribution in [0.4, 0.5) is 0 Å². The number of alkyl halides is 1. The molecule has 1 saturated heterocycles. The van der Waals surface area contributed by atoms with Crippen molar-refractivity contribution in [3.05, 3.63) is 30.1 Å². The van der Waals surface area contributed by atoms with Gasteiger partial charge in [-0.3, -0.25) is 9.88 Å². The quantitative estimate of drug-likeness (QED) is 0.781. The molecule has 3 heteroatoms. The van der Waals surface area contributed by atoms with Gasteiger partial charge >= 0.3 is 0 Å². The zero-order chi connectivity index (χ0) is 12.8. The summed E-state index contributed by atoms with van der Waals surface area (Å²) in [5, 5.41) is 0. The average Bonchev–Trinajstić information content (AvgIpc) is 2.56. The Balaban J connectivity index is 2.01. The molecule has 0 spiro atoms. The number of hydrogen-bond donors (Lipinski definition) is 0. The van der Waals surface area contributed by atoms with E-state index in [9.17, 15) is 0 Å². The second-order valence-electron chi connectivity index (χ2n) is 5.35. The summed E-state index contributed by atoms with van der Waals surface area (Å²) in [5.41, 5.74) is 1.39. The Morgan fingerprint density at radius 1 is 1.33 bits per heavy atom. The Bertz CT molecular complexity index is 340. The number of hydrogen-bond acceptors (Lipinski definition) is 2. The lowest BCUT2D eigenvalue weighted by Crippen LogP contribution is -2.35. The van der Waals surface area contributed by atoms with Crippen molar-refractivity contribution in [1.82, 2.24) is 9.88 Å². The van der Waals surface area contributed by atoms with Crippen molar-refractivity contribution in [3.8, 4) is 0 Å². The largest absolute Gasteiger partial charge is 0.296 e. The van der Waals surface area contributed by atoms with Gasteiger partial charge in [0.15, 0.2) is 0 Å². The van der Waals surface area contributed by atoms with Crippen LogP contribution in [0.15, 0.2) is 24.5 Å². The first-order valence-electron chi connectivity index (χ1n) is 7.02. The normalized spacial score (nSPS) is 23.6. The van der Waals surface area contributed by atoms with Gasteiger partial charge in [-0.25, -0.2) is 0 Å². The predicted molar refractivity (Wildman–Crippen MR) is 79.9 cm³/mol. The van der Waals surface area contributed by atoms with E-state index < -0.39 is 0 Å². The molecule has 0 bridgehead atoms. The molecule has 0 aliphatic carbocycles. The number of aromatic nitrogens is 1. The van der Waals surface area contributed by atoms with E-state index in [0.29, 0.717) is 4.83 Å². The lowest BCUT2D eigenvalue weighted by Gasteiger charge is -2.30. The van der Waals surface area contributed by atoms with Crippen LogP contribution in [0.25, 0.3) is 0 Å². The molecule has 2 heterocycles. The second kappa shape index (κ2) is 7.25. The van der Waals surface area contributed by atoms with Crippen molar-refractivity contribution in [3.63, 3.8) is 0 Å². The van der Waals surface area contributed by atoms with Gasteiger partial charge in [-0.15, -0.1) is 0 Å². The molecule has 2 unspecified atom stereocenters. The Kier molecular flexibility index (Phi) is 5.64. The first kappa shape index (κ1) is 14.0. The average molecular weight is 311 g/mol. The summed E-state index contributed by atoms with van der Waals surface area (Å²) in [6.45, 7) is 4.58. The molecule has 2 rings (SSSR count). The number of pyridine rings is 1. The van der Waals surface area contributed by atoms with Crippen molar-refractivity contribution in [1.29, 1.82) is 0 Å². The van der Waals surface area contributed by atoms with E-state index in [0.717, 1.165) is 12.6 Å². The van der Waals surface area contributed by atoms with Crippen LogP contribution in [0.5, 0.6) is 0 Å². The van der Waals surface area contributed by atoms with E-state index in [4.69, 9.17) is 0 Å². The lowest BCUT2D eigenvalue weighted by atomic mass is 10.0. The molecule has 0 N–H and O–H groups in total. The fraction of sp³-hybridized carbons (Fsp3) is 0.667. The van der Waals surface area contributed by atoms with Crippen LogP contribution in [0.1, 0.15) is 44.6 Å². The fourth-order valence-corrected chi connectivity index (χ4v) is 3.24. The van der Waals surface area contributed by atoms with Crippen LogP contribution in [0, 0.1) is 0 Å². The minimum atomic E-state index is 0.612. The summed E-state index contributed by atoms with van der Waals surface area (Å²) >= 11 is 3.71. The van der Waals surface area contributed by atoms with Crippen molar-refractivity contribution in [2.24, 2.45) is 0 Å². The van der Waals surface area contributed by atoms with Gasteiger partial charge < -0.3 is 0 Å². The molecular formula is C15H23BrN2. The van der Waals surface area contributed by atoms with Gasteiger partial charge in [0, 0.05) is 29.8 Å². The van der Waals surface area contributed by atoms with Crippen LogP contribution in [0.2, 0.25) is 0 Å². The monoisotopic (exact) mass is 310 g/mol. The van der Waals surface area contributed by atoms with Gasteiger partial charge in [-0.1, -0.05) is 35.7 Å². The fourth-order valence-electron chi connectivity index (χ4n) is 2.81. The minimum absolute atomic E-state index is 0.612. The van der Waals surface area contributed by atoms with E-state index in [1.807, 2.05) is 12.4 Å². The number of rotatable bonds is 4. The van der Waals surface area contributed by atoms with Crippen molar-refractivity contribution < 1.29 is 0 Å². The van der Waals surface area contributed by atoms with Gasteiger partial charge in [0.2, 0.25) is 0 Å². The molecule has 0 amide bonds. The van der Waals surface area contributed by atoms with E-state index in [1.165, 1.54) is 44.2 Å². The summed E-state index contributed by atoms with van der Waals surface area (Å²) in [7, 11) is 0. The molecule has 2 atom stereocenters. The summed E-state index contributed by atoms with van der Waals surface area (Å²) < 4.78 is 0. The number of nitrogens with zero attached hydrogens (tertiary/aromatic N) is 2. The molecule has 1 aromatic rings. The molecule has 1 aliphatic rings. The molecular weight excluding hydrogens is 288 g/mol. The molecule has 0 saturated carbocycles. The van der Waals surface area contributed by atoms with Gasteiger partial charge in [0.25, 0.3) is 0 Å². The molecule has 0 radical (unpaired) electrons. The molecule has 1 aromatic heterocycles. The van der Waals surface area contributed by atoms with Gasteiger partial charge in [0.05, 0.1) is 0 Å². The number of likely N-dealkylation sites (tertiary alicyclic amines) is 1. The van der Waals surface area contributed by atoms with Crippen LogP contribution in [-0.2, 0) is 6.54 Å². The summed E-state index contributed by atoms with van der Waals surface area (Å²) in [6, 6.07) is 5.01. The highest BCUT2D eigenvalue weighted by molar-refractivity contribution is 9.09. The lowest BCUT2D eigenvalue weighted by molar-refractivity contribution is 0.182. The zero-order valence-electron chi connectivity index (χ0n) is 11.2. The standard InChI is InChI=1S/C15H23BrN2/c1-13(16)11-15-5-3-2-4-10-18(15)12-14-6-8-17-9-7-14/h6-9,13,15H,2-5,10-12H2,1H3. The van der Waals surface area contributed by atoms with Crippen LogP contribution in [0.3, 0.4) is 0 Å². The third-order valence-electron chi connectivity index (χ3n) is 3.73. The van der Waals surface area contributed by atoms with Crippen molar-refractivity contribution >= 4 is 15.9 Å².